The molecule has 1 aromatic carbocycles. The molecule has 0 aliphatic carbocycles. The lowest BCUT2D eigenvalue weighted by Gasteiger charge is -2.51. The van der Waals surface area contributed by atoms with Gasteiger partial charge in [-0.25, -0.2) is 4.79 Å². The topological polar surface area (TPSA) is 206 Å². The van der Waals surface area contributed by atoms with Crippen LogP contribution in [-0.2, 0) is 25.6 Å². The molecule has 308 valence electrons. The van der Waals surface area contributed by atoms with E-state index < -0.39 is 58.9 Å². The maximum Gasteiger partial charge on any atom is 0.404 e. The summed E-state index contributed by atoms with van der Waals surface area (Å²) in [5.41, 5.74) is 6.10. The molecule has 2 aliphatic rings. The Bertz CT molecular complexity index is 1460. The smallest absolute Gasteiger partial charge is 0.404 e. The minimum Gasteiger partial charge on any atom is -0.465 e. The zero-order valence-electron chi connectivity index (χ0n) is 34.1. The number of amides is 5. The lowest BCUT2D eigenvalue weighted by atomic mass is 9.79. The van der Waals surface area contributed by atoms with Crippen molar-refractivity contribution in [1.29, 1.82) is 0 Å². The highest BCUT2D eigenvalue weighted by atomic mass is 16.5. The van der Waals surface area contributed by atoms with Crippen molar-refractivity contribution >= 4 is 29.7 Å². The lowest BCUT2D eigenvalue weighted by molar-refractivity contribution is -0.246. The fraction of sp³-hybridized carbons (Fsp3) is 0.683. The van der Waals surface area contributed by atoms with Crippen LogP contribution in [0.2, 0.25) is 0 Å². The molecule has 2 fully saturated rings. The van der Waals surface area contributed by atoms with Crippen LogP contribution in [0.25, 0.3) is 0 Å². The first kappa shape index (κ1) is 45.4. The van der Waals surface area contributed by atoms with Crippen LogP contribution in [0.5, 0.6) is 0 Å². The third-order valence-electron chi connectivity index (χ3n) is 10.6. The summed E-state index contributed by atoms with van der Waals surface area (Å²) in [7, 11) is 0. The summed E-state index contributed by atoms with van der Waals surface area (Å²) in [6.45, 7) is 15.8. The standard InChI is InChI=1S/C41H67N7O7/c1-26(2)22-30(42)19-18-29(23-28-14-10-9-11-15-28)38(52)47-21-13-17-33(47)36(50)46-34(27(3)4)37(51)45-32(16-12-20-43-39(53)54)35(49)44-31-24-40(5,6)48(55)41(7,8)25-31/h9-11,14-15,18-19,26-27,29-34,43,55H,12-13,16-17,20-25,42H2,1-8H3,(H,44,49)(H,45,51)(H,46,50)(H,53,54)/b19-18+/t29-,30-,32+,33+,34+/m1/s1. The fourth-order valence-electron chi connectivity index (χ4n) is 8.01. The van der Waals surface area contributed by atoms with Gasteiger partial charge in [0.15, 0.2) is 0 Å². The van der Waals surface area contributed by atoms with Crippen LogP contribution >= 0.6 is 0 Å². The Hall–Kier alpha value is -4.01. The number of piperidine rings is 1. The molecule has 0 bridgehead atoms. The summed E-state index contributed by atoms with van der Waals surface area (Å²) in [6, 6.07) is 6.41. The number of nitrogens with one attached hydrogen (secondary N) is 4. The van der Waals surface area contributed by atoms with Crippen molar-refractivity contribution in [3.63, 3.8) is 0 Å². The Morgan fingerprint density at radius 3 is 2.16 bits per heavy atom. The number of carboxylic acid groups (broad SMARTS) is 1. The van der Waals surface area contributed by atoms with Gasteiger partial charge in [-0.3, -0.25) is 19.2 Å². The number of benzene rings is 1. The summed E-state index contributed by atoms with van der Waals surface area (Å²) in [4.78, 5) is 68.5. The number of nitrogens with two attached hydrogens (primary N) is 1. The van der Waals surface area contributed by atoms with Crippen LogP contribution in [0.15, 0.2) is 42.5 Å². The van der Waals surface area contributed by atoms with Crippen LogP contribution in [0.1, 0.15) is 106 Å². The van der Waals surface area contributed by atoms with Crippen LogP contribution in [0.4, 0.5) is 4.79 Å². The maximum atomic E-state index is 14.2. The first-order chi connectivity index (χ1) is 25.7. The molecule has 3 rings (SSSR count). The molecule has 0 radical (unpaired) electrons. The van der Waals surface area contributed by atoms with Crippen molar-refractivity contribution < 1.29 is 34.3 Å². The van der Waals surface area contributed by atoms with Crippen LogP contribution in [-0.4, -0.2) is 104 Å². The molecule has 0 spiro atoms. The van der Waals surface area contributed by atoms with E-state index in [1.165, 1.54) is 5.06 Å². The maximum absolute atomic E-state index is 14.2. The molecule has 14 nitrogen and oxygen atoms in total. The molecule has 0 saturated carbocycles. The van der Waals surface area contributed by atoms with Gasteiger partial charge >= 0.3 is 6.09 Å². The van der Waals surface area contributed by atoms with Crippen LogP contribution < -0.4 is 27.0 Å². The summed E-state index contributed by atoms with van der Waals surface area (Å²) < 4.78 is 0. The Morgan fingerprint density at radius 1 is 0.945 bits per heavy atom. The van der Waals surface area contributed by atoms with Gasteiger partial charge < -0.3 is 42.2 Å². The lowest BCUT2D eigenvalue weighted by Crippen LogP contribution is -2.64. The predicted molar refractivity (Wildman–Crippen MR) is 212 cm³/mol. The van der Waals surface area contributed by atoms with Crippen molar-refractivity contribution in [1.82, 2.24) is 31.2 Å². The van der Waals surface area contributed by atoms with Gasteiger partial charge in [-0.15, -0.1) is 0 Å². The van der Waals surface area contributed by atoms with E-state index >= 15 is 0 Å². The van der Waals surface area contributed by atoms with E-state index in [-0.39, 0.29) is 43.3 Å². The summed E-state index contributed by atoms with van der Waals surface area (Å²) in [5.74, 6) is -2.11. The highest BCUT2D eigenvalue weighted by molar-refractivity contribution is 5.95. The second-order valence-electron chi connectivity index (χ2n) is 17.4. The van der Waals surface area contributed by atoms with Gasteiger partial charge in [-0.05, 0) is 96.5 Å². The number of rotatable bonds is 18. The van der Waals surface area contributed by atoms with Crippen molar-refractivity contribution in [2.24, 2.45) is 23.5 Å². The number of carbonyl (C=O) groups is 5. The number of hydrogen-bond donors (Lipinski definition) is 7. The van der Waals surface area contributed by atoms with E-state index in [0.29, 0.717) is 44.6 Å². The number of nitrogens with zero attached hydrogens (tertiary/aromatic N) is 2. The minimum absolute atomic E-state index is 0.0813. The van der Waals surface area contributed by atoms with Gasteiger partial charge in [0.2, 0.25) is 23.6 Å². The number of carbonyl (C=O) groups excluding carboxylic acids is 4. The van der Waals surface area contributed by atoms with Gasteiger partial charge in [0.1, 0.15) is 18.1 Å². The number of hydrogen-bond acceptors (Lipinski definition) is 8. The van der Waals surface area contributed by atoms with Gasteiger partial charge in [0, 0.05) is 36.3 Å². The van der Waals surface area contributed by atoms with E-state index in [1.807, 2.05) is 70.2 Å². The summed E-state index contributed by atoms with van der Waals surface area (Å²) >= 11 is 0. The highest BCUT2D eigenvalue weighted by Crippen LogP contribution is 2.36. The third-order valence-corrected chi connectivity index (χ3v) is 10.6. The van der Waals surface area contributed by atoms with Crippen molar-refractivity contribution in [2.75, 3.05) is 13.1 Å². The first-order valence-electron chi connectivity index (χ1n) is 19.9. The SMILES string of the molecule is CC(C)C[C@H](N)/C=C/[C@H](Cc1ccccc1)C(=O)N1CCC[C@H]1C(=O)N[C@H](C(=O)N[C@@H](CCCNC(=O)O)C(=O)NC1CC(C)(C)N(O)C(C)(C)C1)C(C)C. The second kappa shape index (κ2) is 20.2. The molecule has 5 atom stereocenters. The van der Waals surface area contributed by atoms with E-state index in [4.69, 9.17) is 10.8 Å². The van der Waals surface area contributed by atoms with Crippen molar-refractivity contribution in [3.05, 3.63) is 48.0 Å². The Labute approximate surface area is 327 Å². The third kappa shape index (κ3) is 13.6. The second-order valence-corrected chi connectivity index (χ2v) is 17.4. The molecule has 0 aromatic heterocycles. The van der Waals surface area contributed by atoms with Gasteiger partial charge in [0.05, 0.1) is 5.92 Å². The van der Waals surface area contributed by atoms with Crippen molar-refractivity contribution in [2.45, 2.75) is 148 Å². The Morgan fingerprint density at radius 2 is 1.58 bits per heavy atom. The molecule has 2 saturated heterocycles. The van der Waals surface area contributed by atoms with Gasteiger partial charge in [-0.2, -0.15) is 5.06 Å². The van der Waals surface area contributed by atoms with Gasteiger partial charge in [0.25, 0.3) is 0 Å². The monoisotopic (exact) mass is 770 g/mol. The number of likely N-dealkylation sites (tertiary alicyclic amines) is 1. The van der Waals surface area contributed by atoms with E-state index in [9.17, 15) is 29.2 Å². The van der Waals surface area contributed by atoms with Crippen LogP contribution in [0, 0.1) is 17.8 Å². The molecule has 55 heavy (non-hydrogen) atoms. The Kier molecular flexibility index (Phi) is 16.7. The van der Waals surface area contributed by atoms with Gasteiger partial charge in [-0.1, -0.05) is 70.2 Å². The molecule has 1 aromatic rings. The zero-order chi connectivity index (χ0) is 41.1. The van der Waals surface area contributed by atoms with Crippen molar-refractivity contribution in [3.8, 4) is 0 Å². The molecular formula is C41H67N7O7. The largest absolute Gasteiger partial charge is 0.465 e. The average Bonchev–Trinajstić information content (AvgIpc) is 3.59. The molecule has 8 N–H and O–H groups in total. The quantitative estimate of drug-likeness (QED) is 0.0851. The molecule has 2 aliphatic heterocycles. The first-order valence-corrected chi connectivity index (χ1v) is 19.9. The zero-order valence-corrected chi connectivity index (χ0v) is 34.1. The molecule has 2 heterocycles. The van der Waals surface area contributed by atoms with E-state index in [2.05, 4.69) is 35.1 Å². The fourth-order valence-corrected chi connectivity index (χ4v) is 8.01. The Balaban J connectivity index is 1.77. The predicted octanol–water partition coefficient (Wildman–Crippen LogP) is 3.97. The number of hydroxylamine groups is 2. The van der Waals surface area contributed by atoms with E-state index in [0.717, 1.165) is 12.0 Å². The molecule has 5 amide bonds. The van der Waals surface area contributed by atoms with Crippen LogP contribution in [0.3, 0.4) is 0 Å². The molecule has 14 heteroatoms. The normalized spacial score (nSPS) is 20.9. The summed E-state index contributed by atoms with van der Waals surface area (Å²) in [6.07, 6.45) is 6.21. The van der Waals surface area contributed by atoms with E-state index in [1.54, 1.807) is 18.7 Å². The highest BCUT2D eigenvalue weighted by Gasteiger charge is 2.46. The molecule has 0 unspecified atom stereocenters. The average molecular weight is 770 g/mol. The minimum atomic E-state index is -1.19. The summed E-state index contributed by atoms with van der Waals surface area (Å²) in [5, 5.41) is 32.2. The molecular weight excluding hydrogens is 702 g/mol.